The van der Waals surface area contributed by atoms with E-state index < -0.39 is 22.5 Å². The van der Waals surface area contributed by atoms with Crippen molar-refractivity contribution in [2.24, 2.45) is 0 Å². The molecule has 2 aromatic carbocycles. The summed E-state index contributed by atoms with van der Waals surface area (Å²) in [6.07, 6.45) is -0.0188. The predicted octanol–water partition coefficient (Wildman–Crippen LogP) is 2.93. The quantitative estimate of drug-likeness (QED) is 0.293. The summed E-state index contributed by atoms with van der Waals surface area (Å²) >= 11 is 5.88. The fourth-order valence-electron chi connectivity index (χ4n) is 2.85. The Morgan fingerprint density at radius 2 is 1.87 bits per heavy atom. The number of nitrogens with one attached hydrogen (secondary N) is 2. The van der Waals surface area contributed by atoms with Crippen molar-refractivity contribution in [2.45, 2.75) is 24.2 Å². The van der Waals surface area contributed by atoms with Crippen LogP contribution in [0.4, 0.5) is 24.5 Å². The summed E-state index contributed by atoms with van der Waals surface area (Å²) in [5, 5.41) is 2.88. The highest BCUT2D eigenvalue weighted by molar-refractivity contribution is 8.15. The smallest absolute Gasteiger partial charge is 0.420 e. The lowest BCUT2D eigenvalue weighted by Gasteiger charge is -2.14. The minimum absolute atomic E-state index is 0.0188. The molecule has 1 unspecified atom stereocenters. The van der Waals surface area contributed by atoms with Gasteiger partial charge in [-0.2, -0.15) is 0 Å². The number of anilines is 2. The Hall–Kier alpha value is -2.72. The van der Waals surface area contributed by atoms with Crippen molar-refractivity contribution in [3.05, 3.63) is 54.3 Å². The van der Waals surface area contributed by atoms with E-state index in [1.807, 2.05) is 6.92 Å². The second kappa shape index (κ2) is 9.61. The molecule has 164 valence electrons. The molecule has 1 saturated heterocycles. The summed E-state index contributed by atoms with van der Waals surface area (Å²) in [4.78, 5) is 29.3. The number of nitrogens with zero attached hydrogens (tertiary/aromatic N) is 1. The van der Waals surface area contributed by atoms with E-state index in [4.69, 9.17) is 11.6 Å². The number of ether oxygens (including phenoxy) is 1. The normalized spacial score (nSPS) is 17.3. The molecule has 1 fully saturated rings. The van der Waals surface area contributed by atoms with Crippen LogP contribution in [-0.4, -0.2) is 34.3 Å². The highest BCUT2D eigenvalue weighted by atomic mass is 35.5. The minimum atomic E-state index is -3.81. The first-order valence-electron chi connectivity index (χ1n) is 9.19. The SMILES string of the molecule is CC[NH+]=C(Nc1ccc(OC(F)(F)Cl)cc1)SC1CC(=O)N(c2ccc(F)cc2)C1=O. The highest BCUT2D eigenvalue weighted by Crippen LogP contribution is 2.30. The molecule has 0 aliphatic carbocycles. The molecular weight excluding hydrogens is 455 g/mol. The third-order valence-corrected chi connectivity index (χ3v) is 5.35. The molecule has 1 atom stereocenters. The summed E-state index contributed by atoms with van der Waals surface area (Å²) < 4.78 is 42.9. The number of thioether (sulfide) groups is 1. The standard InChI is InChI=1S/C20H17ClF3N3O3S/c1-2-25-19(26-13-5-9-15(10-6-13)30-20(21,23)24)31-16-11-17(28)27(18(16)29)14-7-3-12(22)4-8-14/h3-10,16H,2,11H2,1H3,(H,25,26)/p+1. The van der Waals surface area contributed by atoms with Gasteiger partial charge >= 0.3 is 10.7 Å². The van der Waals surface area contributed by atoms with E-state index >= 15 is 0 Å². The first-order valence-corrected chi connectivity index (χ1v) is 10.4. The molecule has 2 aromatic rings. The number of imide groups is 1. The van der Waals surface area contributed by atoms with Crippen LogP contribution in [0.5, 0.6) is 5.75 Å². The predicted molar refractivity (Wildman–Crippen MR) is 113 cm³/mol. The number of alkyl halides is 3. The Bertz CT molecular complexity index is 982. The number of amides is 2. The lowest BCUT2D eigenvalue weighted by Crippen LogP contribution is -2.73. The van der Waals surface area contributed by atoms with Gasteiger partial charge in [-0.15, -0.1) is 8.78 Å². The van der Waals surface area contributed by atoms with Crippen LogP contribution in [0.25, 0.3) is 0 Å². The highest BCUT2D eigenvalue weighted by Gasteiger charge is 2.41. The number of benzene rings is 2. The summed E-state index contributed by atoms with van der Waals surface area (Å²) in [6.45, 7) is 2.39. The molecule has 0 spiro atoms. The van der Waals surface area contributed by atoms with Gasteiger partial charge in [0.15, 0.2) is 0 Å². The van der Waals surface area contributed by atoms with Gasteiger partial charge in [0.2, 0.25) is 11.8 Å². The summed E-state index contributed by atoms with van der Waals surface area (Å²) in [6, 6.07) is 10.7. The first kappa shape index (κ1) is 23.0. The maximum atomic E-state index is 13.2. The minimum Gasteiger partial charge on any atom is -0.420 e. The Labute approximate surface area is 185 Å². The van der Waals surface area contributed by atoms with Gasteiger partial charge in [0.05, 0.1) is 12.2 Å². The number of hydrogen-bond donors (Lipinski definition) is 2. The van der Waals surface area contributed by atoms with Gasteiger partial charge < -0.3 is 4.74 Å². The van der Waals surface area contributed by atoms with Crippen molar-refractivity contribution in [3.8, 4) is 5.75 Å². The maximum Gasteiger partial charge on any atom is 0.487 e. The number of carbonyl (C=O) groups is 2. The van der Waals surface area contributed by atoms with Gasteiger partial charge in [-0.3, -0.25) is 14.6 Å². The number of halogens is 4. The number of rotatable bonds is 6. The molecule has 1 aliphatic heterocycles. The lowest BCUT2D eigenvalue weighted by atomic mass is 10.3. The Morgan fingerprint density at radius 3 is 2.45 bits per heavy atom. The molecule has 2 N–H and O–H groups in total. The Kier molecular flexibility index (Phi) is 7.11. The summed E-state index contributed by atoms with van der Waals surface area (Å²) in [5.41, 5.74) is -2.96. The van der Waals surface area contributed by atoms with Crippen LogP contribution < -0.4 is 19.9 Å². The van der Waals surface area contributed by atoms with Crippen LogP contribution in [0.2, 0.25) is 0 Å². The van der Waals surface area contributed by atoms with E-state index in [0.29, 0.717) is 23.1 Å². The molecule has 0 saturated carbocycles. The third-order valence-electron chi connectivity index (χ3n) is 4.13. The summed E-state index contributed by atoms with van der Waals surface area (Å²) in [5.74, 6) is -1.37. The Morgan fingerprint density at radius 1 is 1.23 bits per heavy atom. The van der Waals surface area contributed by atoms with E-state index in [0.717, 1.165) is 16.7 Å². The van der Waals surface area contributed by atoms with E-state index in [9.17, 15) is 22.8 Å². The fourth-order valence-corrected chi connectivity index (χ4v) is 4.06. The van der Waals surface area contributed by atoms with Gasteiger partial charge in [-0.25, -0.2) is 14.6 Å². The molecule has 3 rings (SSSR count). The van der Waals surface area contributed by atoms with Crippen LogP contribution >= 0.6 is 23.4 Å². The van der Waals surface area contributed by atoms with Gasteiger partial charge in [-0.05, 0) is 67.2 Å². The van der Waals surface area contributed by atoms with Crippen LogP contribution in [0, 0.1) is 5.82 Å². The molecular formula is C20H18ClF3N3O3S+. The molecule has 1 aliphatic rings. The number of carbonyl (C=O) groups excluding carboxylic acids is 2. The van der Waals surface area contributed by atoms with Crippen LogP contribution in [0.3, 0.4) is 0 Å². The van der Waals surface area contributed by atoms with E-state index in [1.165, 1.54) is 48.5 Å². The molecule has 1 heterocycles. The molecule has 0 aromatic heterocycles. The molecule has 0 bridgehead atoms. The van der Waals surface area contributed by atoms with Crippen molar-refractivity contribution >= 4 is 51.7 Å². The molecule has 2 amide bonds. The van der Waals surface area contributed by atoms with E-state index in [-0.39, 0.29) is 18.1 Å². The van der Waals surface area contributed by atoms with Crippen molar-refractivity contribution < 1.29 is 32.5 Å². The van der Waals surface area contributed by atoms with Gasteiger partial charge in [0.25, 0.3) is 0 Å². The van der Waals surface area contributed by atoms with Crippen LogP contribution in [0.15, 0.2) is 48.5 Å². The zero-order valence-corrected chi connectivity index (χ0v) is 17.8. The van der Waals surface area contributed by atoms with Crippen molar-refractivity contribution in [1.82, 2.24) is 0 Å². The maximum absolute atomic E-state index is 13.2. The fraction of sp³-hybridized carbons (Fsp3) is 0.250. The zero-order valence-electron chi connectivity index (χ0n) is 16.2. The molecule has 0 radical (unpaired) electrons. The monoisotopic (exact) mass is 472 g/mol. The van der Waals surface area contributed by atoms with Gasteiger partial charge in [0, 0.05) is 18.0 Å². The lowest BCUT2D eigenvalue weighted by molar-refractivity contribution is -0.449. The van der Waals surface area contributed by atoms with Crippen LogP contribution in [0.1, 0.15) is 13.3 Å². The second-order valence-electron chi connectivity index (χ2n) is 6.41. The van der Waals surface area contributed by atoms with E-state index in [1.54, 1.807) is 0 Å². The topological polar surface area (TPSA) is 72.6 Å². The average Bonchev–Trinajstić information content (AvgIpc) is 2.96. The van der Waals surface area contributed by atoms with Gasteiger partial charge in [0.1, 0.15) is 22.5 Å². The zero-order chi connectivity index (χ0) is 22.6. The van der Waals surface area contributed by atoms with Crippen molar-refractivity contribution in [2.75, 3.05) is 16.8 Å². The molecule has 31 heavy (non-hydrogen) atoms. The largest absolute Gasteiger partial charge is 0.487 e. The number of hydrogen-bond acceptors (Lipinski definition) is 4. The molecule has 6 nitrogen and oxygen atoms in total. The second-order valence-corrected chi connectivity index (χ2v) is 8.06. The van der Waals surface area contributed by atoms with Gasteiger partial charge in [-0.1, -0.05) is 0 Å². The first-order chi connectivity index (χ1) is 14.7. The number of amidine groups is 1. The molecule has 11 heteroatoms. The third kappa shape index (κ3) is 6.14. The van der Waals surface area contributed by atoms with Crippen molar-refractivity contribution in [3.63, 3.8) is 0 Å². The summed E-state index contributed by atoms with van der Waals surface area (Å²) in [7, 11) is 0. The van der Waals surface area contributed by atoms with Crippen LogP contribution in [-0.2, 0) is 9.59 Å². The van der Waals surface area contributed by atoms with E-state index in [2.05, 4.69) is 15.0 Å². The van der Waals surface area contributed by atoms with Crippen molar-refractivity contribution in [1.29, 1.82) is 0 Å². The Balaban J connectivity index is 1.69. The average molecular weight is 473 g/mol.